The summed E-state index contributed by atoms with van der Waals surface area (Å²) in [6.45, 7) is 3.68. The molecule has 1 atom stereocenters. The molecular formula is C12H10Cl2O. The number of halogens is 2. The van der Waals surface area contributed by atoms with Crippen LogP contribution >= 0.6 is 23.2 Å². The molecule has 3 heteroatoms. The average molecular weight is 241 g/mol. The van der Waals surface area contributed by atoms with Crippen LogP contribution in [0.4, 0.5) is 0 Å². The van der Waals surface area contributed by atoms with Crippen molar-refractivity contribution in [3.8, 4) is 5.75 Å². The van der Waals surface area contributed by atoms with Gasteiger partial charge in [-0.15, -0.1) is 6.58 Å². The molecule has 0 N–H and O–H groups in total. The lowest BCUT2D eigenvalue weighted by Crippen LogP contribution is -2.16. The predicted octanol–water partition coefficient (Wildman–Crippen LogP) is 4.34. The fourth-order valence-electron chi connectivity index (χ4n) is 1.52. The van der Waals surface area contributed by atoms with Crippen molar-refractivity contribution in [1.82, 2.24) is 0 Å². The lowest BCUT2D eigenvalue weighted by molar-refractivity contribution is 0.249. The van der Waals surface area contributed by atoms with Gasteiger partial charge in [-0.05, 0) is 18.2 Å². The van der Waals surface area contributed by atoms with E-state index in [0.29, 0.717) is 15.8 Å². The summed E-state index contributed by atoms with van der Waals surface area (Å²) in [5.41, 5.74) is 0.924. The number of rotatable bonds is 2. The van der Waals surface area contributed by atoms with Gasteiger partial charge in [0, 0.05) is 17.0 Å². The number of hydrogen-bond donors (Lipinski definition) is 0. The third-order valence-electron chi connectivity index (χ3n) is 2.20. The first kappa shape index (κ1) is 10.6. The molecule has 78 valence electrons. The van der Waals surface area contributed by atoms with Gasteiger partial charge in [-0.3, -0.25) is 0 Å². The molecule has 15 heavy (non-hydrogen) atoms. The summed E-state index contributed by atoms with van der Waals surface area (Å²) in [5.74, 6) is 0.704. The zero-order chi connectivity index (χ0) is 10.8. The van der Waals surface area contributed by atoms with Gasteiger partial charge in [0.15, 0.2) is 0 Å². The maximum Gasteiger partial charge on any atom is 0.146 e. The fourth-order valence-corrected chi connectivity index (χ4v) is 2.07. The van der Waals surface area contributed by atoms with Gasteiger partial charge in [0.2, 0.25) is 0 Å². The number of hydrogen-bond acceptors (Lipinski definition) is 1. The Hall–Kier alpha value is -0.920. The normalized spacial score (nSPS) is 18.1. The summed E-state index contributed by atoms with van der Waals surface area (Å²) in [5, 5.41) is 1.17. The van der Waals surface area contributed by atoms with Crippen LogP contribution in [-0.4, -0.2) is 6.10 Å². The van der Waals surface area contributed by atoms with E-state index in [1.54, 1.807) is 6.07 Å². The van der Waals surface area contributed by atoms with Gasteiger partial charge >= 0.3 is 0 Å². The standard InChI is InChI=1S/C12H10Cl2O/c1-2-3-10-5-4-8-6-9(13)7-11(14)12(8)15-10/h2,4-7,10H,1,3H2. The van der Waals surface area contributed by atoms with Crippen molar-refractivity contribution in [1.29, 1.82) is 0 Å². The zero-order valence-corrected chi connectivity index (χ0v) is 9.55. The maximum atomic E-state index is 6.04. The van der Waals surface area contributed by atoms with Crippen LogP contribution in [0.1, 0.15) is 12.0 Å². The second-order valence-corrected chi connectivity index (χ2v) is 4.19. The predicted molar refractivity (Wildman–Crippen MR) is 64.7 cm³/mol. The highest BCUT2D eigenvalue weighted by Gasteiger charge is 2.16. The van der Waals surface area contributed by atoms with Gasteiger partial charge in [-0.25, -0.2) is 0 Å². The molecular weight excluding hydrogens is 231 g/mol. The molecule has 2 rings (SSSR count). The van der Waals surface area contributed by atoms with Crippen molar-refractivity contribution in [3.05, 3.63) is 46.5 Å². The molecule has 0 bridgehead atoms. The van der Waals surface area contributed by atoms with Crippen LogP contribution < -0.4 is 4.74 Å². The van der Waals surface area contributed by atoms with E-state index in [2.05, 4.69) is 6.58 Å². The molecule has 0 fully saturated rings. The number of benzene rings is 1. The molecule has 0 amide bonds. The lowest BCUT2D eigenvalue weighted by atomic mass is 10.1. The molecule has 1 unspecified atom stereocenters. The Morgan fingerprint density at radius 3 is 2.93 bits per heavy atom. The molecule has 1 aliphatic rings. The van der Waals surface area contributed by atoms with Crippen LogP contribution in [-0.2, 0) is 0 Å². The van der Waals surface area contributed by atoms with Crippen molar-refractivity contribution in [3.63, 3.8) is 0 Å². The minimum Gasteiger partial charge on any atom is -0.484 e. The lowest BCUT2D eigenvalue weighted by Gasteiger charge is -2.21. The smallest absolute Gasteiger partial charge is 0.146 e. The van der Waals surface area contributed by atoms with Crippen molar-refractivity contribution >= 4 is 29.3 Å². The Bertz CT molecular complexity index is 424. The molecule has 1 nitrogen and oxygen atoms in total. The summed E-state index contributed by atoms with van der Waals surface area (Å²) in [7, 11) is 0. The minimum absolute atomic E-state index is 0.0219. The van der Waals surface area contributed by atoms with E-state index in [9.17, 15) is 0 Å². The topological polar surface area (TPSA) is 9.23 Å². The van der Waals surface area contributed by atoms with Gasteiger partial charge in [-0.2, -0.15) is 0 Å². The van der Waals surface area contributed by atoms with Crippen LogP contribution in [0.15, 0.2) is 30.9 Å². The van der Waals surface area contributed by atoms with Crippen LogP contribution in [0.3, 0.4) is 0 Å². The Morgan fingerprint density at radius 2 is 2.20 bits per heavy atom. The van der Waals surface area contributed by atoms with Crippen LogP contribution in [0.25, 0.3) is 6.08 Å². The second kappa shape index (κ2) is 4.30. The molecule has 0 saturated carbocycles. The van der Waals surface area contributed by atoms with Crippen LogP contribution in [0.5, 0.6) is 5.75 Å². The molecule has 0 radical (unpaired) electrons. The van der Waals surface area contributed by atoms with E-state index in [1.165, 1.54) is 0 Å². The molecule has 0 aromatic heterocycles. The number of fused-ring (bicyclic) bond motifs is 1. The summed E-state index contributed by atoms with van der Waals surface area (Å²) in [6, 6.07) is 3.52. The van der Waals surface area contributed by atoms with Gasteiger partial charge in [-0.1, -0.05) is 35.4 Å². The summed E-state index contributed by atoms with van der Waals surface area (Å²) in [4.78, 5) is 0. The fraction of sp³-hybridized carbons (Fsp3) is 0.167. The zero-order valence-electron chi connectivity index (χ0n) is 8.04. The average Bonchev–Trinajstić information content (AvgIpc) is 2.19. The quantitative estimate of drug-likeness (QED) is 0.699. The molecule has 0 aliphatic carbocycles. The first-order valence-electron chi connectivity index (χ1n) is 4.65. The second-order valence-electron chi connectivity index (χ2n) is 3.35. The largest absolute Gasteiger partial charge is 0.484 e. The van der Waals surface area contributed by atoms with E-state index in [0.717, 1.165) is 12.0 Å². The van der Waals surface area contributed by atoms with Crippen molar-refractivity contribution < 1.29 is 4.74 Å². The molecule has 1 aliphatic heterocycles. The molecule has 1 heterocycles. The molecule has 1 aromatic rings. The van der Waals surface area contributed by atoms with E-state index >= 15 is 0 Å². The minimum atomic E-state index is 0.0219. The van der Waals surface area contributed by atoms with Gasteiger partial charge in [0.25, 0.3) is 0 Å². The van der Waals surface area contributed by atoms with Crippen molar-refractivity contribution in [2.24, 2.45) is 0 Å². The van der Waals surface area contributed by atoms with Crippen LogP contribution in [0.2, 0.25) is 10.0 Å². The van der Waals surface area contributed by atoms with E-state index in [-0.39, 0.29) is 6.10 Å². The van der Waals surface area contributed by atoms with Gasteiger partial charge < -0.3 is 4.74 Å². The highest BCUT2D eigenvalue weighted by atomic mass is 35.5. The van der Waals surface area contributed by atoms with Gasteiger partial charge in [0.1, 0.15) is 11.9 Å². The Kier molecular flexibility index (Phi) is 3.03. The SMILES string of the molecule is C=CCC1C=Cc2cc(Cl)cc(Cl)c2O1. The Morgan fingerprint density at radius 1 is 1.40 bits per heavy atom. The highest BCUT2D eigenvalue weighted by molar-refractivity contribution is 6.35. The first-order valence-corrected chi connectivity index (χ1v) is 5.41. The Labute approximate surface area is 99.0 Å². The first-order chi connectivity index (χ1) is 7.20. The number of ether oxygens (including phenoxy) is 1. The van der Waals surface area contributed by atoms with Crippen LogP contribution in [0, 0.1) is 0 Å². The molecule has 0 saturated heterocycles. The highest BCUT2D eigenvalue weighted by Crippen LogP contribution is 2.36. The monoisotopic (exact) mass is 240 g/mol. The van der Waals surface area contributed by atoms with E-state index in [1.807, 2.05) is 24.3 Å². The summed E-state index contributed by atoms with van der Waals surface area (Å²) >= 11 is 11.9. The summed E-state index contributed by atoms with van der Waals surface area (Å²) < 4.78 is 5.71. The molecule has 0 spiro atoms. The third kappa shape index (κ3) is 2.19. The van der Waals surface area contributed by atoms with E-state index < -0.39 is 0 Å². The van der Waals surface area contributed by atoms with E-state index in [4.69, 9.17) is 27.9 Å². The van der Waals surface area contributed by atoms with Gasteiger partial charge in [0.05, 0.1) is 5.02 Å². The summed E-state index contributed by atoms with van der Waals surface area (Å²) in [6.07, 6.45) is 6.58. The third-order valence-corrected chi connectivity index (χ3v) is 2.69. The Balaban J connectivity index is 2.36. The van der Waals surface area contributed by atoms with Crippen molar-refractivity contribution in [2.75, 3.05) is 0 Å². The molecule has 1 aromatic carbocycles. The maximum absolute atomic E-state index is 6.04. The van der Waals surface area contributed by atoms with Crippen molar-refractivity contribution in [2.45, 2.75) is 12.5 Å².